The highest BCUT2D eigenvalue weighted by molar-refractivity contribution is 5.31. The molecular weight excluding hydrogens is 366 g/mol. The van der Waals surface area contributed by atoms with Crippen molar-refractivity contribution in [3.05, 3.63) is 47.8 Å². The van der Waals surface area contributed by atoms with Crippen molar-refractivity contribution < 1.29 is 4.74 Å². The van der Waals surface area contributed by atoms with E-state index in [-0.39, 0.29) is 0 Å². The average Bonchev–Trinajstić information content (AvgIpc) is 3.11. The Morgan fingerprint density at radius 2 is 1.79 bits per heavy atom. The molecule has 0 saturated carbocycles. The van der Waals surface area contributed by atoms with E-state index in [1.807, 2.05) is 43.1 Å². The molecule has 4 rings (SSSR count). The Morgan fingerprint density at radius 3 is 2.45 bits per heavy atom. The molecular formula is C21H27N7O. The molecule has 1 saturated heterocycles. The van der Waals surface area contributed by atoms with Gasteiger partial charge in [0.05, 0.1) is 12.3 Å². The number of ether oxygens (including phenoxy) is 1. The molecule has 3 aromatic rings. The normalized spacial score (nSPS) is 14.9. The van der Waals surface area contributed by atoms with Crippen LogP contribution in [0.5, 0.6) is 5.88 Å². The van der Waals surface area contributed by atoms with Crippen LogP contribution in [-0.4, -0.2) is 49.4 Å². The Labute approximate surface area is 171 Å². The van der Waals surface area contributed by atoms with Gasteiger partial charge in [-0.25, -0.2) is 24.6 Å². The minimum Gasteiger partial charge on any atom is -0.477 e. The summed E-state index contributed by atoms with van der Waals surface area (Å²) < 4.78 is 7.80. The van der Waals surface area contributed by atoms with Crippen LogP contribution in [0.2, 0.25) is 0 Å². The first-order valence-corrected chi connectivity index (χ1v) is 10.2. The first-order chi connectivity index (χ1) is 14.1. The van der Waals surface area contributed by atoms with Crippen molar-refractivity contribution in [1.29, 1.82) is 0 Å². The summed E-state index contributed by atoms with van der Waals surface area (Å²) in [7, 11) is 0. The molecule has 0 aromatic carbocycles. The van der Waals surface area contributed by atoms with Gasteiger partial charge in [0.15, 0.2) is 5.82 Å². The van der Waals surface area contributed by atoms with Gasteiger partial charge in [0.2, 0.25) is 11.8 Å². The van der Waals surface area contributed by atoms with Crippen LogP contribution in [0.3, 0.4) is 0 Å². The number of aromatic nitrogens is 6. The van der Waals surface area contributed by atoms with Gasteiger partial charge in [0.25, 0.3) is 0 Å². The van der Waals surface area contributed by atoms with E-state index in [0.717, 1.165) is 55.5 Å². The van der Waals surface area contributed by atoms with Gasteiger partial charge >= 0.3 is 0 Å². The fraction of sp³-hybridized carbons (Fsp3) is 0.476. The second-order valence-electron chi connectivity index (χ2n) is 7.54. The Kier molecular flexibility index (Phi) is 5.69. The number of hydrogen-bond acceptors (Lipinski definition) is 7. The maximum absolute atomic E-state index is 5.98. The Morgan fingerprint density at radius 1 is 1.03 bits per heavy atom. The molecule has 0 unspecified atom stereocenters. The molecule has 8 heteroatoms. The van der Waals surface area contributed by atoms with Crippen LogP contribution in [0.15, 0.2) is 30.9 Å². The van der Waals surface area contributed by atoms with Crippen LogP contribution in [-0.2, 0) is 6.42 Å². The minimum absolute atomic E-state index is 0.494. The zero-order chi connectivity index (χ0) is 20.2. The van der Waals surface area contributed by atoms with Gasteiger partial charge in [0.1, 0.15) is 6.33 Å². The standard InChI is InChI=1S/C21H27N7O/c1-4-17-11-22-21(23-12-17)27-7-5-18(6-8-27)13-29-20-10-19(24-14-25-20)28-16(3)9-15(2)26-28/h9-12,14,18H,4-8,13H2,1-3H3. The monoisotopic (exact) mass is 393 g/mol. The summed E-state index contributed by atoms with van der Waals surface area (Å²) in [6, 6.07) is 3.87. The quantitative estimate of drug-likeness (QED) is 0.637. The Hall–Kier alpha value is -3.03. The van der Waals surface area contributed by atoms with E-state index in [0.29, 0.717) is 18.4 Å². The molecule has 8 nitrogen and oxygen atoms in total. The molecule has 152 valence electrons. The highest BCUT2D eigenvalue weighted by atomic mass is 16.5. The molecule has 0 atom stereocenters. The van der Waals surface area contributed by atoms with Crippen LogP contribution in [0, 0.1) is 19.8 Å². The molecule has 0 aliphatic carbocycles. The van der Waals surface area contributed by atoms with E-state index in [4.69, 9.17) is 4.74 Å². The van der Waals surface area contributed by atoms with Gasteiger partial charge in [-0.3, -0.25) is 0 Å². The molecule has 0 spiro atoms. The van der Waals surface area contributed by atoms with E-state index in [1.165, 1.54) is 11.9 Å². The lowest BCUT2D eigenvalue weighted by molar-refractivity contribution is 0.215. The van der Waals surface area contributed by atoms with Crippen molar-refractivity contribution in [3.8, 4) is 11.7 Å². The van der Waals surface area contributed by atoms with Gasteiger partial charge in [0, 0.05) is 37.2 Å². The van der Waals surface area contributed by atoms with Crippen molar-refractivity contribution in [2.24, 2.45) is 5.92 Å². The third kappa shape index (κ3) is 4.52. The lowest BCUT2D eigenvalue weighted by atomic mass is 9.98. The molecule has 1 aliphatic heterocycles. The largest absolute Gasteiger partial charge is 0.477 e. The minimum atomic E-state index is 0.494. The second kappa shape index (κ2) is 8.55. The molecule has 1 aliphatic rings. The van der Waals surface area contributed by atoms with Crippen LogP contribution < -0.4 is 9.64 Å². The predicted octanol–water partition coefficient (Wildman–Crippen LogP) is 2.93. The van der Waals surface area contributed by atoms with E-state index in [9.17, 15) is 0 Å². The molecule has 0 radical (unpaired) electrons. The maximum Gasteiger partial charge on any atom is 0.225 e. The van der Waals surface area contributed by atoms with Crippen LogP contribution >= 0.6 is 0 Å². The first kappa shape index (κ1) is 19.3. The lowest BCUT2D eigenvalue weighted by Crippen LogP contribution is -2.36. The van der Waals surface area contributed by atoms with E-state index in [2.05, 4.69) is 36.9 Å². The van der Waals surface area contributed by atoms with E-state index < -0.39 is 0 Å². The number of anilines is 1. The lowest BCUT2D eigenvalue weighted by Gasteiger charge is -2.31. The van der Waals surface area contributed by atoms with Crippen molar-refractivity contribution in [3.63, 3.8) is 0 Å². The van der Waals surface area contributed by atoms with Crippen LogP contribution in [0.1, 0.15) is 36.7 Å². The zero-order valence-corrected chi connectivity index (χ0v) is 17.2. The molecule has 0 amide bonds. The maximum atomic E-state index is 5.98. The van der Waals surface area contributed by atoms with Crippen molar-refractivity contribution in [1.82, 2.24) is 29.7 Å². The number of aryl methyl sites for hydroxylation is 3. The molecule has 1 fully saturated rings. The third-order valence-electron chi connectivity index (χ3n) is 5.32. The smallest absolute Gasteiger partial charge is 0.225 e. The highest BCUT2D eigenvalue weighted by Gasteiger charge is 2.21. The molecule has 29 heavy (non-hydrogen) atoms. The van der Waals surface area contributed by atoms with Gasteiger partial charge in [-0.15, -0.1) is 0 Å². The molecule has 0 N–H and O–H groups in total. The van der Waals surface area contributed by atoms with Gasteiger partial charge < -0.3 is 9.64 Å². The number of hydrogen-bond donors (Lipinski definition) is 0. The summed E-state index contributed by atoms with van der Waals surface area (Å²) in [5.41, 5.74) is 3.17. The summed E-state index contributed by atoms with van der Waals surface area (Å²) in [6.45, 7) is 8.63. The Bertz CT molecular complexity index is 946. The highest BCUT2D eigenvalue weighted by Crippen LogP contribution is 2.22. The third-order valence-corrected chi connectivity index (χ3v) is 5.32. The summed E-state index contributed by atoms with van der Waals surface area (Å²) in [5.74, 6) is 2.63. The summed E-state index contributed by atoms with van der Waals surface area (Å²) in [4.78, 5) is 19.8. The molecule has 0 bridgehead atoms. The molecule has 4 heterocycles. The van der Waals surface area contributed by atoms with Crippen molar-refractivity contribution in [2.45, 2.75) is 40.0 Å². The summed E-state index contributed by atoms with van der Waals surface area (Å²) in [5, 5.41) is 4.47. The van der Waals surface area contributed by atoms with E-state index in [1.54, 1.807) is 0 Å². The number of piperidine rings is 1. The fourth-order valence-electron chi connectivity index (χ4n) is 3.58. The SMILES string of the molecule is CCc1cnc(N2CCC(COc3cc(-n4nc(C)cc4C)ncn3)CC2)nc1. The van der Waals surface area contributed by atoms with E-state index >= 15 is 0 Å². The zero-order valence-electron chi connectivity index (χ0n) is 17.2. The van der Waals surface area contributed by atoms with Crippen LogP contribution in [0.4, 0.5) is 5.95 Å². The first-order valence-electron chi connectivity index (χ1n) is 10.2. The van der Waals surface area contributed by atoms with Gasteiger partial charge in [-0.2, -0.15) is 5.10 Å². The van der Waals surface area contributed by atoms with Crippen molar-refractivity contribution >= 4 is 5.95 Å². The predicted molar refractivity (Wildman–Crippen MR) is 110 cm³/mol. The number of rotatable bonds is 6. The average molecular weight is 393 g/mol. The molecule has 3 aromatic heterocycles. The van der Waals surface area contributed by atoms with Gasteiger partial charge in [-0.1, -0.05) is 6.92 Å². The van der Waals surface area contributed by atoms with Crippen molar-refractivity contribution in [2.75, 3.05) is 24.6 Å². The fourth-order valence-corrected chi connectivity index (χ4v) is 3.58. The topological polar surface area (TPSA) is 81.9 Å². The Balaban J connectivity index is 1.31. The number of nitrogens with zero attached hydrogens (tertiary/aromatic N) is 7. The van der Waals surface area contributed by atoms with Crippen LogP contribution in [0.25, 0.3) is 5.82 Å². The summed E-state index contributed by atoms with van der Waals surface area (Å²) in [6.07, 6.45) is 8.44. The summed E-state index contributed by atoms with van der Waals surface area (Å²) >= 11 is 0. The second-order valence-corrected chi connectivity index (χ2v) is 7.54. The van der Waals surface area contributed by atoms with Gasteiger partial charge in [-0.05, 0) is 50.7 Å².